The molecule has 0 amide bonds. The second kappa shape index (κ2) is 4.27. The smallest absolute Gasteiger partial charge is 0.303 e. The molecule has 1 atom stereocenters. The first-order chi connectivity index (χ1) is 6.52. The number of hydrogen-bond donors (Lipinski definition) is 1. The molecule has 1 rings (SSSR count). The van der Waals surface area contributed by atoms with Crippen LogP contribution in [0.4, 0.5) is 0 Å². The summed E-state index contributed by atoms with van der Waals surface area (Å²) in [6.07, 6.45) is 0.200. The molecule has 0 aliphatic carbocycles. The highest BCUT2D eigenvalue weighted by atomic mass is 16.4. The first-order valence-corrected chi connectivity index (χ1v) is 4.80. The van der Waals surface area contributed by atoms with Crippen molar-refractivity contribution >= 4 is 5.97 Å². The van der Waals surface area contributed by atoms with E-state index in [9.17, 15) is 4.79 Å². The number of aryl methyl sites for hydroxylation is 2. The minimum atomic E-state index is -0.736. The molecule has 0 heterocycles. The Morgan fingerprint density at radius 1 is 1.36 bits per heavy atom. The normalized spacial score (nSPS) is 12.5. The highest BCUT2D eigenvalue weighted by molar-refractivity contribution is 5.68. The molecule has 0 aliphatic heterocycles. The van der Waals surface area contributed by atoms with Crippen LogP contribution in [0.15, 0.2) is 18.2 Å². The Kier molecular flexibility index (Phi) is 3.28. The van der Waals surface area contributed by atoms with Crippen molar-refractivity contribution in [2.24, 2.45) is 0 Å². The fraction of sp³-hybridized carbons (Fsp3) is 0.417. The molecule has 14 heavy (non-hydrogen) atoms. The second-order valence-electron chi connectivity index (χ2n) is 3.80. The summed E-state index contributed by atoms with van der Waals surface area (Å²) >= 11 is 0. The van der Waals surface area contributed by atoms with E-state index in [1.807, 2.05) is 39.0 Å². The summed E-state index contributed by atoms with van der Waals surface area (Å²) < 4.78 is 0. The van der Waals surface area contributed by atoms with Crippen LogP contribution < -0.4 is 0 Å². The van der Waals surface area contributed by atoms with E-state index in [2.05, 4.69) is 0 Å². The molecule has 1 aromatic rings. The molecule has 1 aromatic carbocycles. The molecular formula is C12H16O2. The Morgan fingerprint density at radius 2 is 1.86 bits per heavy atom. The van der Waals surface area contributed by atoms with E-state index in [1.165, 1.54) is 16.7 Å². The fourth-order valence-electron chi connectivity index (χ4n) is 1.97. The predicted molar refractivity (Wildman–Crippen MR) is 56.6 cm³/mol. The van der Waals surface area contributed by atoms with E-state index < -0.39 is 5.97 Å². The van der Waals surface area contributed by atoms with E-state index in [-0.39, 0.29) is 12.3 Å². The lowest BCUT2D eigenvalue weighted by molar-refractivity contribution is -0.137. The molecule has 2 heteroatoms. The third kappa shape index (κ3) is 2.34. The van der Waals surface area contributed by atoms with E-state index in [1.54, 1.807) is 0 Å². The largest absolute Gasteiger partial charge is 0.481 e. The van der Waals surface area contributed by atoms with Crippen molar-refractivity contribution in [1.29, 1.82) is 0 Å². The first kappa shape index (κ1) is 10.8. The molecule has 0 fully saturated rings. The molecule has 0 spiro atoms. The van der Waals surface area contributed by atoms with Gasteiger partial charge < -0.3 is 5.11 Å². The van der Waals surface area contributed by atoms with Gasteiger partial charge in [0, 0.05) is 0 Å². The van der Waals surface area contributed by atoms with Crippen LogP contribution in [-0.2, 0) is 4.79 Å². The van der Waals surface area contributed by atoms with Gasteiger partial charge in [0.2, 0.25) is 0 Å². The Hall–Kier alpha value is -1.31. The maximum atomic E-state index is 10.6. The van der Waals surface area contributed by atoms with Crippen LogP contribution in [0.25, 0.3) is 0 Å². The monoisotopic (exact) mass is 192 g/mol. The highest BCUT2D eigenvalue weighted by Gasteiger charge is 2.13. The molecule has 0 bridgehead atoms. The molecule has 0 aliphatic rings. The van der Waals surface area contributed by atoms with Gasteiger partial charge >= 0.3 is 5.97 Å². The minimum absolute atomic E-state index is 0.0914. The standard InChI is InChI=1S/C12H16O2/c1-8-5-4-6-9(2)12(8)10(3)7-11(13)14/h4-6,10H,7H2,1-3H3,(H,13,14)/t10-/m1/s1. The van der Waals surface area contributed by atoms with Gasteiger partial charge in [-0.15, -0.1) is 0 Å². The zero-order valence-electron chi connectivity index (χ0n) is 8.87. The van der Waals surface area contributed by atoms with Gasteiger partial charge in [0.05, 0.1) is 6.42 Å². The summed E-state index contributed by atoms with van der Waals surface area (Å²) in [5.41, 5.74) is 3.53. The quantitative estimate of drug-likeness (QED) is 0.799. The van der Waals surface area contributed by atoms with Crippen molar-refractivity contribution in [1.82, 2.24) is 0 Å². The zero-order chi connectivity index (χ0) is 10.7. The molecule has 0 unspecified atom stereocenters. The molecule has 0 saturated carbocycles. The van der Waals surface area contributed by atoms with Crippen LogP contribution in [0.2, 0.25) is 0 Å². The third-order valence-corrected chi connectivity index (χ3v) is 2.52. The lowest BCUT2D eigenvalue weighted by Gasteiger charge is -2.15. The Balaban J connectivity index is 2.99. The molecule has 0 saturated heterocycles. The van der Waals surface area contributed by atoms with Gasteiger partial charge in [0.15, 0.2) is 0 Å². The van der Waals surface area contributed by atoms with Crippen molar-refractivity contribution in [2.45, 2.75) is 33.1 Å². The minimum Gasteiger partial charge on any atom is -0.481 e. The average molecular weight is 192 g/mol. The highest BCUT2D eigenvalue weighted by Crippen LogP contribution is 2.25. The van der Waals surface area contributed by atoms with Gasteiger partial charge in [0.1, 0.15) is 0 Å². The number of benzene rings is 1. The summed E-state index contributed by atoms with van der Waals surface area (Å²) in [5, 5.41) is 8.73. The van der Waals surface area contributed by atoms with E-state index in [0.717, 1.165) is 0 Å². The first-order valence-electron chi connectivity index (χ1n) is 4.80. The van der Waals surface area contributed by atoms with Gasteiger partial charge in [-0.05, 0) is 36.5 Å². The number of hydrogen-bond acceptors (Lipinski definition) is 1. The predicted octanol–water partition coefficient (Wildman–Crippen LogP) is 2.88. The van der Waals surface area contributed by atoms with Crippen LogP contribution in [0.1, 0.15) is 36.0 Å². The van der Waals surface area contributed by atoms with Gasteiger partial charge in [-0.3, -0.25) is 4.79 Å². The van der Waals surface area contributed by atoms with Gasteiger partial charge in [-0.25, -0.2) is 0 Å². The summed E-state index contributed by atoms with van der Waals surface area (Å²) in [7, 11) is 0. The zero-order valence-corrected chi connectivity index (χ0v) is 8.87. The number of carboxylic acid groups (broad SMARTS) is 1. The van der Waals surface area contributed by atoms with Crippen LogP contribution in [0.3, 0.4) is 0 Å². The molecule has 0 aromatic heterocycles. The van der Waals surface area contributed by atoms with Crippen molar-refractivity contribution in [2.75, 3.05) is 0 Å². The number of rotatable bonds is 3. The van der Waals surface area contributed by atoms with E-state index in [4.69, 9.17) is 5.11 Å². The topological polar surface area (TPSA) is 37.3 Å². The lowest BCUT2D eigenvalue weighted by atomic mass is 9.90. The SMILES string of the molecule is Cc1cccc(C)c1[C@H](C)CC(=O)O. The summed E-state index contributed by atoms with van der Waals surface area (Å²) in [5.74, 6) is -0.645. The number of aliphatic carboxylic acids is 1. The molecular weight excluding hydrogens is 176 g/mol. The Morgan fingerprint density at radius 3 is 2.29 bits per heavy atom. The van der Waals surface area contributed by atoms with Crippen molar-refractivity contribution in [3.05, 3.63) is 34.9 Å². The number of carbonyl (C=O) groups is 1. The van der Waals surface area contributed by atoms with Crippen molar-refractivity contribution in [3.8, 4) is 0 Å². The summed E-state index contributed by atoms with van der Waals surface area (Å²) in [6.45, 7) is 6.02. The van der Waals surface area contributed by atoms with E-state index in [0.29, 0.717) is 0 Å². The van der Waals surface area contributed by atoms with Crippen LogP contribution in [0.5, 0.6) is 0 Å². The molecule has 0 radical (unpaired) electrons. The number of carboxylic acids is 1. The summed E-state index contributed by atoms with van der Waals surface area (Å²) in [6, 6.07) is 6.06. The van der Waals surface area contributed by atoms with Crippen molar-refractivity contribution < 1.29 is 9.90 Å². The lowest BCUT2D eigenvalue weighted by Crippen LogP contribution is -2.06. The van der Waals surface area contributed by atoms with E-state index >= 15 is 0 Å². The average Bonchev–Trinajstić information content (AvgIpc) is 2.01. The maximum absolute atomic E-state index is 10.6. The molecule has 1 N–H and O–H groups in total. The van der Waals surface area contributed by atoms with Crippen LogP contribution in [0, 0.1) is 13.8 Å². The molecule has 76 valence electrons. The van der Waals surface area contributed by atoms with Crippen LogP contribution >= 0.6 is 0 Å². The summed E-state index contributed by atoms with van der Waals surface area (Å²) in [4.78, 5) is 10.6. The van der Waals surface area contributed by atoms with Gasteiger partial charge in [-0.1, -0.05) is 25.1 Å². The molecule has 2 nitrogen and oxygen atoms in total. The van der Waals surface area contributed by atoms with Crippen LogP contribution in [-0.4, -0.2) is 11.1 Å². The Labute approximate surface area is 84.6 Å². The maximum Gasteiger partial charge on any atom is 0.303 e. The van der Waals surface area contributed by atoms with Gasteiger partial charge in [0.25, 0.3) is 0 Å². The second-order valence-corrected chi connectivity index (χ2v) is 3.80. The Bertz CT molecular complexity index is 322. The van der Waals surface area contributed by atoms with Crippen molar-refractivity contribution in [3.63, 3.8) is 0 Å². The van der Waals surface area contributed by atoms with Gasteiger partial charge in [-0.2, -0.15) is 0 Å². The third-order valence-electron chi connectivity index (χ3n) is 2.52. The fourth-order valence-corrected chi connectivity index (χ4v) is 1.97.